The Morgan fingerprint density at radius 3 is 2.75 bits per heavy atom. The Balaban J connectivity index is 2.23. The summed E-state index contributed by atoms with van der Waals surface area (Å²) in [6.45, 7) is 8.83. The molecule has 112 valence electrons. The van der Waals surface area contributed by atoms with Gasteiger partial charge in [-0.1, -0.05) is 0 Å². The Bertz CT molecular complexity index is 458. The minimum Gasteiger partial charge on any atom is -0.444 e. The van der Waals surface area contributed by atoms with Crippen LogP contribution in [0.25, 0.3) is 0 Å². The van der Waals surface area contributed by atoms with Crippen molar-refractivity contribution in [1.82, 2.24) is 10.3 Å². The molecular weight excluding hydrogens is 322 g/mol. The van der Waals surface area contributed by atoms with Gasteiger partial charge < -0.3 is 15.4 Å². The zero-order chi connectivity index (χ0) is 15.2. The topological polar surface area (TPSA) is 63.2 Å². The van der Waals surface area contributed by atoms with Crippen molar-refractivity contribution in [2.45, 2.75) is 39.7 Å². The van der Waals surface area contributed by atoms with Crippen molar-refractivity contribution in [2.24, 2.45) is 0 Å². The number of aryl methyl sites for hydroxylation is 1. The van der Waals surface area contributed by atoms with E-state index in [0.717, 1.165) is 28.8 Å². The number of pyridine rings is 1. The highest BCUT2D eigenvalue weighted by molar-refractivity contribution is 9.10. The number of amides is 1. The minimum atomic E-state index is -0.460. The normalized spacial score (nSPS) is 11.1. The van der Waals surface area contributed by atoms with E-state index in [2.05, 4.69) is 31.5 Å². The molecule has 0 saturated heterocycles. The molecule has 20 heavy (non-hydrogen) atoms. The van der Waals surface area contributed by atoms with E-state index in [1.807, 2.05) is 33.8 Å². The first kappa shape index (κ1) is 16.8. The van der Waals surface area contributed by atoms with Crippen LogP contribution in [0.15, 0.2) is 16.7 Å². The van der Waals surface area contributed by atoms with Gasteiger partial charge in [0, 0.05) is 19.3 Å². The summed E-state index contributed by atoms with van der Waals surface area (Å²) in [7, 11) is 0. The number of alkyl carbamates (subject to hydrolysis) is 1. The number of carbonyl (C=O) groups excluding carboxylic acids is 1. The van der Waals surface area contributed by atoms with Gasteiger partial charge in [0.2, 0.25) is 0 Å². The van der Waals surface area contributed by atoms with Gasteiger partial charge in [0.1, 0.15) is 11.4 Å². The van der Waals surface area contributed by atoms with Gasteiger partial charge in [0.15, 0.2) is 0 Å². The molecule has 5 nitrogen and oxygen atoms in total. The van der Waals surface area contributed by atoms with Gasteiger partial charge in [-0.05, 0) is 61.7 Å². The molecule has 0 radical (unpaired) electrons. The molecule has 1 aromatic rings. The summed E-state index contributed by atoms with van der Waals surface area (Å²) in [6.07, 6.45) is 2.18. The summed E-state index contributed by atoms with van der Waals surface area (Å²) in [4.78, 5) is 15.7. The molecule has 0 bridgehead atoms. The van der Waals surface area contributed by atoms with Gasteiger partial charge in [0.05, 0.1) is 4.47 Å². The third kappa shape index (κ3) is 6.23. The Labute approximate surface area is 128 Å². The molecule has 1 aromatic heterocycles. The molecule has 0 aromatic carbocycles. The molecule has 1 amide bonds. The van der Waals surface area contributed by atoms with Crippen LogP contribution in [0.5, 0.6) is 0 Å². The van der Waals surface area contributed by atoms with E-state index in [-0.39, 0.29) is 6.09 Å². The summed E-state index contributed by atoms with van der Waals surface area (Å²) < 4.78 is 6.12. The van der Waals surface area contributed by atoms with Crippen LogP contribution in [-0.2, 0) is 4.74 Å². The molecule has 2 N–H and O–H groups in total. The van der Waals surface area contributed by atoms with E-state index in [4.69, 9.17) is 4.74 Å². The predicted octanol–water partition coefficient (Wildman–Crippen LogP) is 3.48. The molecule has 6 heteroatoms. The molecule has 0 unspecified atom stereocenters. The number of hydrogen-bond donors (Lipinski definition) is 2. The van der Waals surface area contributed by atoms with Gasteiger partial charge >= 0.3 is 6.09 Å². The van der Waals surface area contributed by atoms with Crippen LogP contribution in [0.3, 0.4) is 0 Å². The number of hydrogen-bond acceptors (Lipinski definition) is 4. The number of aromatic nitrogens is 1. The smallest absolute Gasteiger partial charge is 0.407 e. The van der Waals surface area contributed by atoms with Crippen LogP contribution in [0.2, 0.25) is 0 Å². The average Bonchev–Trinajstić information content (AvgIpc) is 2.31. The van der Waals surface area contributed by atoms with Crippen LogP contribution < -0.4 is 10.6 Å². The van der Waals surface area contributed by atoms with Gasteiger partial charge in [-0.25, -0.2) is 9.78 Å². The fourth-order valence-corrected chi connectivity index (χ4v) is 1.84. The average molecular weight is 344 g/mol. The van der Waals surface area contributed by atoms with Crippen molar-refractivity contribution in [3.8, 4) is 0 Å². The number of nitrogens with zero attached hydrogens (tertiary/aromatic N) is 1. The maximum Gasteiger partial charge on any atom is 0.407 e. The first-order valence-electron chi connectivity index (χ1n) is 6.61. The van der Waals surface area contributed by atoms with Crippen molar-refractivity contribution in [3.63, 3.8) is 0 Å². The second kappa shape index (κ2) is 7.47. The summed E-state index contributed by atoms with van der Waals surface area (Å²) >= 11 is 3.49. The molecule has 0 fully saturated rings. The molecular formula is C14H22BrN3O2. The fraction of sp³-hybridized carbons (Fsp3) is 0.571. The summed E-state index contributed by atoms with van der Waals surface area (Å²) in [6, 6.07) is 1.94. The summed E-state index contributed by atoms with van der Waals surface area (Å²) in [5, 5.41) is 5.94. The standard InChI is InChI=1S/C14H22BrN3O2/c1-10-6-9-17-12(11(10)15)16-7-5-8-18-13(19)20-14(2,3)4/h6,9H,5,7-8H2,1-4H3,(H,16,17)(H,18,19). The first-order valence-corrected chi connectivity index (χ1v) is 7.41. The van der Waals surface area contributed by atoms with E-state index < -0.39 is 5.60 Å². The Hall–Kier alpha value is -1.30. The molecule has 1 rings (SSSR count). The number of rotatable bonds is 5. The van der Waals surface area contributed by atoms with E-state index >= 15 is 0 Å². The summed E-state index contributed by atoms with van der Waals surface area (Å²) in [5.41, 5.74) is 0.674. The Kier molecular flexibility index (Phi) is 6.26. The van der Waals surface area contributed by atoms with Crippen molar-refractivity contribution in [2.75, 3.05) is 18.4 Å². The van der Waals surface area contributed by atoms with Crippen molar-refractivity contribution in [3.05, 3.63) is 22.3 Å². The molecule has 0 spiro atoms. The molecule has 1 heterocycles. The lowest BCUT2D eigenvalue weighted by Crippen LogP contribution is -2.33. The van der Waals surface area contributed by atoms with Gasteiger partial charge in [-0.15, -0.1) is 0 Å². The summed E-state index contributed by atoms with van der Waals surface area (Å²) in [5.74, 6) is 0.822. The lowest BCUT2D eigenvalue weighted by atomic mass is 10.2. The van der Waals surface area contributed by atoms with E-state index in [9.17, 15) is 4.79 Å². The number of halogens is 1. The SMILES string of the molecule is Cc1ccnc(NCCCNC(=O)OC(C)(C)C)c1Br. The van der Waals surface area contributed by atoms with Crippen LogP contribution in [0.1, 0.15) is 32.8 Å². The van der Waals surface area contributed by atoms with Crippen molar-refractivity contribution >= 4 is 27.8 Å². The molecule has 0 aliphatic rings. The van der Waals surface area contributed by atoms with Crippen molar-refractivity contribution in [1.29, 1.82) is 0 Å². The van der Waals surface area contributed by atoms with Crippen LogP contribution in [0, 0.1) is 6.92 Å². The molecule has 0 atom stereocenters. The van der Waals surface area contributed by atoms with Gasteiger partial charge in [0.25, 0.3) is 0 Å². The van der Waals surface area contributed by atoms with E-state index in [0.29, 0.717) is 6.54 Å². The molecule has 0 aliphatic carbocycles. The van der Waals surface area contributed by atoms with Crippen molar-refractivity contribution < 1.29 is 9.53 Å². The second-order valence-corrected chi connectivity index (χ2v) is 6.29. The second-order valence-electron chi connectivity index (χ2n) is 5.50. The van der Waals surface area contributed by atoms with E-state index in [1.54, 1.807) is 6.20 Å². The number of ether oxygens (including phenoxy) is 1. The van der Waals surface area contributed by atoms with Crippen LogP contribution >= 0.6 is 15.9 Å². The Morgan fingerprint density at radius 1 is 1.40 bits per heavy atom. The number of nitrogens with one attached hydrogen (secondary N) is 2. The lowest BCUT2D eigenvalue weighted by molar-refractivity contribution is 0.0528. The third-order valence-electron chi connectivity index (χ3n) is 2.40. The predicted molar refractivity (Wildman–Crippen MR) is 84.0 cm³/mol. The maximum absolute atomic E-state index is 11.4. The maximum atomic E-state index is 11.4. The molecule has 0 saturated carbocycles. The van der Waals surface area contributed by atoms with E-state index in [1.165, 1.54) is 0 Å². The minimum absolute atomic E-state index is 0.382. The fourth-order valence-electron chi connectivity index (χ4n) is 1.46. The van der Waals surface area contributed by atoms with Gasteiger partial charge in [-0.3, -0.25) is 0 Å². The highest BCUT2D eigenvalue weighted by Gasteiger charge is 2.15. The molecule has 0 aliphatic heterocycles. The Morgan fingerprint density at radius 2 is 2.10 bits per heavy atom. The third-order valence-corrected chi connectivity index (χ3v) is 3.40. The highest BCUT2D eigenvalue weighted by atomic mass is 79.9. The number of carbonyl (C=O) groups is 1. The highest BCUT2D eigenvalue weighted by Crippen LogP contribution is 2.22. The monoisotopic (exact) mass is 343 g/mol. The lowest BCUT2D eigenvalue weighted by Gasteiger charge is -2.19. The van der Waals surface area contributed by atoms with Gasteiger partial charge in [-0.2, -0.15) is 0 Å². The first-order chi connectivity index (χ1) is 9.29. The zero-order valence-corrected chi connectivity index (χ0v) is 14.0. The zero-order valence-electron chi connectivity index (χ0n) is 12.4. The van der Waals surface area contributed by atoms with Crippen LogP contribution in [0.4, 0.5) is 10.6 Å². The number of anilines is 1. The largest absolute Gasteiger partial charge is 0.444 e. The quantitative estimate of drug-likeness (QED) is 0.803. The van der Waals surface area contributed by atoms with Crippen LogP contribution in [-0.4, -0.2) is 29.8 Å².